The minimum Gasteiger partial charge on any atom is -0.456 e. The van der Waals surface area contributed by atoms with E-state index in [9.17, 15) is 0 Å². The highest BCUT2D eigenvalue weighted by Gasteiger charge is 2.14. The molecule has 0 N–H and O–H groups in total. The summed E-state index contributed by atoms with van der Waals surface area (Å²) in [5.74, 6) is 1.41. The van der Waals surface area contributed by atoms with Gasteiger partial charge >= 0.3 is 0 Å². The van der Waals surface area contributed by atoms with Gasteiger partial charge in [-0.1, -0.05) is 47.1 Å². The Balaban J connectivity index is 2.37. The van der Waals surface area contributed by atoms with Crippen LogP contribution >= 0.6 is 15.9 Å². The average Bonchev–Trinajstić information content (AvgIpc) is 2.54. The van der Waals surface area contributed by atoms with Crippen LogP contribution in [0.3, 0.4) is 0 Å². The van der Waals surface area contributed by atoms with Gasteiger partial charge in [-0.05, 0) is 24.1 Å². The van der Waals surface area contributed by atoms with Crippen molar-refractivity contribution in [2.75, 3.05) is 0 Å². The molecule has 3 rings (SSSR count). The van der Waals surface area contributed by atoms with Crippen LogP contribution in [0.25, 0.3) is 23.1 Å². The fourth-order valence-corrected chi connectivity index (χ4v) is 2.55. The van der Waals surface area contributed by atoms with Gasteiger partial charge in [0.25, 0.3) is 0 Å². The summed E-state index contributed by atoms with van der Waals surface area (Å²) in [5, 5.41) is 1.16. The Hall–Kier alpha value is -1.28. The smallest absolute Gasteiger partial charge is 0.136 e. The summed E-state index contributed by atoms with van der Waals surface area (Å²) >= 11 is 3.58. The lowest BCUT2D eigenvalue weighted by Gasteiger charge is -1.95. The predicted molar refractivity (Wildman–Crippen MR) is 71.1 cm³/mol. The Morgan fingerprint density at radius 1 is 1.19 bits per heavy atom. The first-order chi connectivity index (χ1) is 7.75. The molecule has 16 heavy (non-hydrogen) atoms. The summed E-state index contributed by atoms with van der Waals surface area (Å²) in [6.45, 7) is 2.16. The van der Waals surface area contributed by atoms with E-state index in [2.05, 4.69) is 47.2 Å². The lowest BCUT2D eigenvalue weighted by Crippen LogP contribution is -1.78. The first-order valence-electron chi connectivity index (χ1n) is 5.33. The molecule has 1 nitrogen and oxygen atoms in total. The molecule has 0 saturated carbocycles. The Morgan fingerprint density at radius 2 is 2.00 bits per heavy atom. The van der Waals surface area contributed by atoms with Gasteiger partial charge in [0, 0.05) is 15.4 Å². The fourth-order valence-electron chi connectivity index (χ4n) is 1.99. The maximum atomic E-state index is 5.83. The third-order valence-electron chi connectivity index (χ3n) is 2.85. The molecule has 0 fully saturated rings. The standard InChI is InChI=1S/C14H11BrO/c1-9-5-7-10-12(8-6-9)16-13-4-2-3-11(15)14(10)13/h2-9H,1H3. The topological polar surface area (TPSA) is 13.1 Å². The summed E-state index contributed by atoms with van der Waals surface area (Å²) in [5.41, 5.74) is 2.10. The zero-order chi connectivity index (χ0) is 11.1. The Kier molecular flexibility index (Phi) is 2.25. The second kappa shape index (κ2) is 3.63. The number of hydrogen-bond donors (Lipinski definition) is 0. The van der Waals surface area contributed by atoms with Gasteiger partial charge in [-0.2, -0.15) is 0 Å². The van der Waals surface area contributed by atoms with Crippen LogP contribution in [0.2, 0.25) is 0 Å². The second-order valence-corrected chi connectivity index (χ2v) is 4.92. The van der Waals surface area contributed by atoms with Crippen molar-refractivity contribution < 1.29 is 4.42 Å². The quantitative estimate of drug-likeness (QED) is 0.668. The first kappa shape index (κ1) is 9.91. The van der Waals surface area contributed by atoms with E-state index in [0.29, 0.717) is 5.92 Å². The molecule has 0 saturated heterocycles. The number of allylic oxidation sites excluding steroid dienone is 2. The summed E-state index contributed by atoms with van der Waals surface area (Å²) in [6.07, 6.45) is 8.55. The molecule has 1 aromatic carbocycles. The largest absolute Gasteiger partial charge is 0.456 e. The lowest BCUT2D eigenvalue weighted by atomic mass is 10.1. The normalized spacial score (nSPS) is 18.8. The minimum atomic E-state index is 0.458. The molecular formula is C14H11BrO. The molecule has 2 aromatic rings. The Labute approximate surface area is 103 Å². The van der Waals surface area contributed by atoms with Crippen molar-refractivity contribution in [1.29, 1.82) is 0 Å². The molecule has 0 radical (unpaired) electrons. The van der Waals surface area contributed by atoms with Crippen LogP contribution in [0.15, 0.2) is 39.2 Å². The third kappa shape index (κ3) is 1.45. The van der Waals surface area contributed by atoms with Crippen LogP contribution in [0.1, 0.15) is 18.2 Å². The molecule has 0 aliphatic heterocycles. The van der Waals surface area contributed by atoms with Crippen LogP contribution in [-0.2, 0) is 0 Å². The van der Waals surface area contributed by atoms with Crippen LogP contribution in [0.4, 0.5) is 0 Å². The maximum absolute atomic E-state index is 5.83. The number of halogens is 1. The molecule has 1 aliphatic carbocycles. The van der Waals surface area contributed by atoms with E-state index in [1.807, 2.05) is 18.2 Å². The van der Waals surface area contributed by atoms with Gasteiger partial charge in [-0.25, -0.2) is 0 Å². The van der Waals surface area contributed by atoms with E-state index in [1.54, 1.807) is 0 Å². The van der Waals surface area contributed by atoms with Crippen LogP contribution < -0.4 is 0 Å². The number of fused-ring (bicyclic) bond motifs is 3. The van der Waals surface area contributed by atoms with Crippen molar-refractivity contribution in [3.8, 4) is 0 Å². The van der Waals surface area contributed by atoms with Crippen molar-refractivity contribution >= 4 is 39.1 Å². The number of furan rings is 1. The third-order valence-corrected chi connectivity index (χ3v) is 3.51. The molecule has 0 bridgehead atoms. The van der Waals surface area contributed by atoms with Crippen LogP contribution in [-0.4, -0.2) is 0 Å². The summed E-state index contributed by atoms with van der Waals surface area (Å²) in [4.78, 5) is 0. The van der Waals surface area contributed by atoms with Crippen molar-refractivity contribution in [2.45, 2.75) is 6.92 Å². The monoisotopic (exact) mass is 274 g/mol. The van der Waals surface area contributed by atoms with Gasteiger partial charge in [-0.15, -0.1) is 0 Å². The molecular weight excluding hydrogens is 264 g/mol. The van der Waals surface area contributed by atoms with Crippen molar-refractivity contribution in [3.05, 3.63) is 46.1 Å². The van der Waals surface area contributed by atoms with Crippen molar-refractivity contribution in [2.24, 2.45) is 5.92 Å². The first-order valence-corrected chi connectivity index (χ1v) is 6.12. The van der Waals surface area contributed by atoms with Crippen LogP contribution in [0, 0.1) is 5.92 Å². The molecule has 0 spiro atoms. The molecule has 1 heterocycles. The molecule has 1 aliphatic rings. The van der Waals surface area contributed by atoms with E-state index >= 15 is 0 Å². The van der Waals surface area contributed by atoms with Gasteiger partial charge in [0.2, 0.25) is 0 Å². The Bertz CT molecular complexity index is 604. The Morgan fingerprint density at radius 3 is 2.88 bits per heavy atom. The van der Waals surface area contributed by atoms with Gasteiger partial charge < -0.3 is 4.42 Å². The van der Waals surface area contributed by atoms with E-state index in [-0.39, 0.29) is 0 Å². The van der Waals surface area contributed by atoms with Gasteiger partial charge in [0.15, 0.2) is 0 Å². The van der Waals surface area contributed by atoms with E-state index in [1.165, 1.54) is 5.56 Å². The second-order valence-electron chi connectivity index (χ2n) is 4.07. The van der Waals surface area contributed by atoms with Crippen molar-refractivity contribution in [1.82, 2.24) is 0 Å². The molecule has 1 unspecified atom stereocenters. The highest BCUT2D eigenvalue weighted by Crippen LogP contribution is 2.35. The molecule has 2 heteroatoms. The summed E-state index contributed by atoms with van der Waals surface area (Å²) < 4.78 is 6.92. The zero-order valence-electron chi connectivity index (χ0n) is 8.91. The predicted octanol–water partition coefficient (Wildman–Crippen LogP) is 4.87. The highest BCUT2D eigenvalue weighted by atomic mass is 79.9. The number of rotatable bonds is 0. The SMILES string of the molecule is CC1C=Cc2oc3cccc(Br)c3c2C=C1. The van der Waals surface area contributed by atoms with Crippen LogP contribution in [0.5, 0.6) is 0 Å². The fraction of sp³-hybridized carbons (Fsp3) is 0.143. The highest BCUT2D eigenvalue weighted by molar-refractivity contribution is 9.10. The summed E-state index contributed by atoms with van der Waals surface area (Å²) in [7, 11) is 0. The van der Waals surface area contributed by atoms with E-state index < -0.39 is 0 Å². The summed E-state index contributed by atoms with van der Waals surface area (Å²) in [6, 6.07) is 6.04. The van der Waals surface area contributed by atoms with Gasteiger partial charge in [0.05, 0.1) is 0 Å². The average molecular weight is 275 g/mol. The van der Waals surface area contributed by atoms with Gasteiger partial charge in [0.1, 0.15) is 11.3 Å². The molecule has 80 valence electrons. The van der Waals surface area contributed by atoms with Crippen molar-refractivity contribution in [3.63, 3.8) is 0 Å². The molecule has 1 aromatic heterocycles. The lowest BCUT2D eigenvalue weighted by molar-refractivity contribution is 0.603. The number of hydrogen-bond acceptors (Lipinski definition) is 1. The van der Waals surface area contributed by atoms with E-state index in [4.69, 9.17) is 4.42 Å². The number of benzene rings is 1. The minimum absolute atomic E-state index is 0.458. The molecule has 1 atom stereocenters. The van der Waals surface area contributed by atoms with Gasteiger partial charge in [-0.3, -0.25) is 0 Å². The molecule has 0 amide bonds. The maximum Gasteiger partial charge on any atom is 0.136 e. The van der Waals surface area contributed by atoms with E-state index in [0.717, 1.165) is 21.2 Å². The zero-order valence-corrected chi connectivity index (χ0v) is 10.5.